The first kappa shape index (κ1) is 9.00. The van der Waals surface area contributed by atoms with Gasteiger partial charge in [-0.2, -0.15) is 0 Å². The van der Waals surface area contributed by atoms with E-state index >= 15 is 0 Å². The summed E-state index contributed by atoms with van der Waals surface area (Å²) in [4.78, 5) is 0. The van der Waals surface area contributed by atoms with Gasteiger partial charge >= 0.3 is 0 Å². The molecule has 0 aromatic carbocycles. The maximum absolute atomic E-state index is 7.73. The van der Waals surface area contributed by atoms with Gasteiger partial charge in [-0.1, -0.05) is 41.0 Å². The molecule has 0 saturated carbocycles. The van der Waals surface area contributed by atoms with Crippen molar-refractivity contribution in [2.24, 2.45) is 10.8 Å². The van der Waals surface area contributed by atoms with Crippen molar-refractivity contribution >= 4 is 0 Å². The van der Waals surface area contributed by atoms with Crippen molar-refractivity contribution in [3.8, 4) is 0 Å². The molecule has 0 unspecified atom stereocenters. The van der Waals surface area contributed by atoms with Crippen LogP contribution in [0.25, 0.3) is 0 Å². The Morgan fingerprint density at radius 1 is 1.11 bits per heavy atom. The molecule has 3 radical (unpaired) electrons. The fraction of sp³-hybridized carbons (Fsp3) is 0.889. The van der Waals surface area contributed by atoms with Gasteiger partial charge in [0.05, 0.1) is 0 Å². The van der Waals surface area contributed by atoms with E-state index in [1.54, 1.807) is 0 Å². The second-order valence-corrected chi connectivity index (χ2v) is 3.86. The molecule has 53 valence electrons. The zero-order valence-corrected chi connectivity index (χ0v) is 7.21. The largest absolute Gasteiger partial charge is 0.0649 e. The molecule has 0 atom stereocenters. The Labute approximate surface area is 59.7 Å². The van der Waals surface area contributed by atoms with Gasteiger partial charge in [-0.05, 0) is 17.8 Å². The molecule has 0 amide bonds. The third-order valence-electron chi connectivity index (χ3n) is 2.58. The Hall–Kier alpha value is 0. The average molecular weight is 125 g/mol. The molecule has 0 aromatic rings. The molecular formula is C9H17. The summed E-state index contributed by atoms with van der Waals surface area (Å²) in [7, 11) is 0. The first-order chi connectivity index (χ1) is 3.81. The van der Waals surface area contributed by atoms with E-state index in [1.807, 2.05) is 13.8 Å². The van der Waals surface area contributed by atoms with Crippen LogP contribution in [0.3, 0.4) is 0 Å². The lowest BCUT2D eigenvalue weighted by Crippen LogP contribution is -2.28. The van der Waals surface area contributed by atoms with Gasteiger partial charge < -0.3 is 0 Å². The van der Waals surface area contributed by atoms with Crippen LogP contribution in [0.1, 0.15) is 41.0 Å². The summed E-state index contributed by atoms with van der Waals surface area (Å²) in [6.07, 6.45) is 1.07. The molecule has 0 bridgehead atoms. The van der Waals surface area contributed by atoms with Crippen molar-refractivity contribution in [1.82, 2.24) is 0 Å². The second kappa shape index (κ2) is 2.32. The number of rotatable bonds is 2. The summed E-state index contributed by atoms with van der Waals surface area (Å²) in [5.41, 5.74) is -0.158. The van der Waals surface area contributed by atoms with Crippen molar-refractivity contribution < 1.29 is 0 Å². The summed E-state index contributed by atoms with van der Waals surface area (Å²) < 4.78 is 0. The lowest BCUT2D eigenvalue weighted by molar-refractivity contribution is 0.156. The van der Waals surface area contributed by atoms with Crippen molar-refractivity contribution in [2.45, 2.75) is 41.0 Å². The Morgan fingerprint density at radius 3 is 1.44 bits per heavy atom. The van der Waals surface area contributed by atoms with Gasteiger partial charge in [-0.3, -0.25) is 0 Å². The molecule has 0 aromatic heterocycles. The molecule has 0 spiro atoms. The highest BCUT2D eigenvalue weighted by atomic mass is 14.3. The van der Waals surface area contributed by atoms with Gasteiger partial charge in [0, 0.05) is 0 Å². The highest BCUT2D eigenvalue weighted by Gasteiger charge is 2.30. The third-order valence-corrected chi connectivity index (χ3v) is 2.58. The minimum atomic E-state index is -0.304. The Bertz CT molecular complexity index is 82.7. The molecule has 0 fully saturated rings. The maximum atomic E-state index is 7.73. The fourth-order valence-corrected chi connectivity index (χ4v) is 0.442. The molecule has 0 heterocycles. The van der Waals surface area contributed by atoms with Crippen LogP contribution in [0.5, 0.6) is 0 Å². The SMILES string of the molecule is [C]C(C)(C)C(C)(C)CC. The monoisotopic (exact) mass is 125 g/mol. The van der Waals surface area contributed by atoms with Crippen LogP contribution in [-0.2, 0) is 0 Å². The van der Waals surface area contributed by atoms with Crippen LogP contribution >= 0.6 is 0 Å². The first-order valence-electron chi connectivity index (χ1n) is 3.56. The minimum absolute atomic E-state index is 0.146. The second-order valence-electron chi connectivity index (χ2n) is 3.86. The first-order valence-corrected chi connectivity index (χ1v) is 3.56. The van der Waals surface area contributed by atoms with E-state index in [0.29, 0.717) is 0 Å². The average Bonchev–Trinajstić information content (AvgIpc) is 1.64. The highest BCUT2D eigenvalue weighted by molar-refractivity contribution is 4.86. The van der Waals surface area contributed by atoms with Crippen LogP contribution in [0.15, 0.2) is 0 Å². The maximum Gasteiger partial charge on any atom is -0.00201 e. The standard InChI is InChI=1S/C9H17/c1-7-9(5,6)8(2,3)4/h7H2,1-3,5-6H3. The lowest BCUT2D eigenvalue weighted by Gasteiger charge is -2.37. The molecule has 0 N–H and O–H groups in total. The van der Waals surface area contributed by atoms with Crippen molar-refractivity contribution in [1.29, 1.82) is 0 Å². The lowest BCUT2D eigenvalue weighted by atomic mass is 9.68. The van der Waals surface area contributed by atoms with Gasteiger partial charge in [0.15, 0.2) is 0 Å². The molecule has 0 heteroatoms. The van der Waals surface area contributed by atoms with Crippen LogP contribution in [0, 0.1) is 17.8 Å². The Kier molecular flexibility index (Phi) is 2.32. The van der Waals surface area contributed by atoms with E-state index in [9.17, 15) is 0 Å². The summed E-state index contributed by atoms with van der Waals surface area (Å²) in [5.74, 6) is 0. The Morgan fingerprint density at radius 2 is 1.44 bits per heavy atom. The third kappa shape index (κ3) is 2.00. The molecule has 0 aliphatic heterocycles. The summed E-state index contributed by atoms with van der Waals surface area (Å²) in [5, 5.41) is 0. The van der Waals surface area contributed by atoms with Crippen LogP contribution in [0.2, 0.25) is 0 Å². The fourth-order valence-electron chi connectivity index (χ4n) is 0.442. The predicted octanol–water partition coefficient (Wildman–Crippen LogP) is 3.04. The molecule has 9 heavy (non-hydrogen) atoms. The van der Waals surface area contributed by atoms with Gasteiger partial charge in [0.2, 0.25) is 0 Å². The molecule has 0 aliphatic rings. The van der Waals surface area contributed by atoms with Crippen LogP contribution in [-0.4, -0.2) is 0 Å². The highest BCUT2D eigenvalue weighted by Crippen LogP contribution is 2.39. The van der Waals surface area contributed by atoms with E-state index in [1.165, 1.54) is 0 Å². The van der Waals surface area contributed by atoms with E-state index in [-0.39, 0.29) is 10.8 Å². The normalized spacial score (nSPS) is 14.0. The van der Waals surface area contributed by atoms with Gasteiger partial charge in [0.1, 0.15) is 0 Å². The topological polar surface area (TPSA) is 0 Å². The molecular weight excluding hydrogens is 108 g/mol. The molecule has 0 aliphatic carbocycles. The minimum Gasteiger partial charge on any atom is -0.0649 e. The predicted molar refractivity (Wildman–Crippen MR) is 41.1 cm³/mol. The summed E-state index contributed by atoms with van der Waals surface area (Å²) in [6, 6.07) is 0. The van der Waals surface area contributed by atoms with E-state index in [4.69, 9.17) is 6.92 Å². The van der Waals surface area contributed by atoms with Crippen molar-refractivity contribution in [2.75, 3.05) is 0 Å². The quantitative estimate of drug-likeness (QED) is 0.532. The van der Waals surface area contributed by atoms with Gasteiger partial charge in [0.25, 0.3) is 0 Å². The van der Waals surface area contributed by atoms with Gasteiger partial charge in [-0.25, -0.2) is 0 Å². The van der Waals surface area contributed by atoms with Crippen molar-refractivity contribution in [3.63, 3.8) is 0 Å². The molecule has 0 rings (SSSR count). The molecule has 0 saturated heterocycles. The summed E-state index contributed by atoms with van der Waals surface area (Å²) in [6.45, 7) is 18.1. The van der Waals surface area contributed by atoms with E-state index < -0.39 is 0 Å². The number of hydrogen-bond donors (Lipinski definition) is 0. The zero-order valence-electron chi connectivity index (χ0n) is 7.21. The Balaban J connectivity index is 4.14. The van der Waals surface area contributed by atoms with Gasteiger partial charge in [-0.15, -0.1) is 0 Å². The molecule has 0 nitrogen and oxygen atoms in total. The smallest absolute Gasteiger partial charge is 0.00201 e. The van der Waals surface area contributed by atoms with Crippen LogP contribution < -0.4 is 0 Å². The van der Waals surface area contributed by atoms with E-state index in [0.717, 1.165) is 6.42 Å². The van der Waals surface area contributed by atoms with E-state index in [2.05, 4.69) is 20.8 Å². The van der Waals surface area contributed by atoms with Crippen molar-refractivity contribution in [3.05, 3.63) is 6.92 Å². The number of hydrogen-bond acceptors (Lipinski definition) is 0. The summed E-state index contributed by atoms with van der Waals surface area (Å²) >= 11 is 0. The van der Waals surface area contributed by atoms with Crippen LogP contribution in [0.4, 0.5) is 0 Å². The zero-order chi connectivity index (χ0) is 7.71.